The lowest BCUT2D eigenvalue weighted by atomic mass is 10.4. The molecule has 0 aliphatic heterocycles. The van der Waals surface area contributed by atoms with Crippen molar-refractivity contribution in [2.45, 2.75) is 26.9 Å². The van der Waals surface area contributed by atoms with Gasteiger partial charge in [0.1, 0.15) is 19.0 Å². The van der Waals surface area contributed by atoms with Crippen LogP contribution in [0.1, 0.15) is 45.3 Å². The van der Waals surface area contributed by atoms with Gasteiger partial charge in [-0.2, -0.15) is 15.3 Å². The lowest BCUT2D eigenvalue weighted by Crippen LogP contribution is -2.07. The van der Waals surface area contributed by atoms with E-state index in [1.165, 1.54) is 33.9 Å². The number of carboxylic acid groups (broad SMARTS) is 1. The zero-order chi connectivity index (χ0) is 25.3. The number of esters is 2. The van der Waals surface area contributed by atoms with E-state index in [2.05, 4.69) is 25.1 Å². The summed E-state index contributed by atoms with van der Waals surface area (Å²) in [4.78, 5) is 32.1. The molecule has 0 bridgehead atoms. The molecule has 0 radical (unpaired) electrons. The van der Waals surface area contributed by atoms with Crippen molar-refractivity contribution in [1.82, 2.24) is 29.8 Å². The summed E-state index contributed by atoms with van der Waals surface area (Å²) in [5, 5.41) is 21.9. The summed E-state index contributed by atoms with van der Waals surface area (Å²) in [6.45, 7) is 3.41. The summed E-state index contributed by atoms with van der Waals surface area (Å²) < 4.78 is 35.5. The van der Waals surface area contributed by atoms with Crippen molar-refractivity contribution < 1.29 is 37.7 Å². The fraction of sp³-hybridized carbons (Fsp3) is 0.400. The summed E-state index contributed by atoms with van der Waals surface area (Å²) in [5.41, 5.74) is 0.551. The van der Waals surface area contributed by atoms with Crippen LogP contribution in [0.25, 0.3) is 0 Å². The molecule has 0 saturated carbocycles. The number of nitrogens with one attached hydrogen (secondary N) is 1. The van der Waals surface area contributed by atoms with Crippen molar-refractivity contribution in [2.75, 3.05) is 26.6 Å². The van der Waals surface area contributed by atoms with Gasteiger partial charge in [0, 0.05) is 18.6 Å². The number of hydrogen-bond acceptors (Lipinski definition) is 8. The van der Waals surface area contributed by atoms with Crippen molar-refractivity contribution >= 4 is 17.9 Å². The van der Waals surface area contributed by atoms with Gasteiger partial charge in [0.2, 0.25) is 0 Å². The molecule has 186 valence electrons. The molecular formula is C20H26F2N6O6. The minimum atomic E-state index is -1.09. The number of halogens is 2. The Labute approximate surface area is 193 Å². The maximum absolute atomic E-state index is 11.9. The molecule has 0 aromatic carbocycles. The first-order chi connectivity index (χ1) is 16.4. The first-order valence-corrected chi connectivity index (χ1v) is 10.1. The van der Waals surface area contributed by atoms with Crippen LogP contribution < -0.4 is 0 Å². The Hall–Kier alpha value is -4.10. The fourth-order valence-electron chi connectivity index (χ4n) is 2.15. The number of aromatic carboxylic acids is 1. The van der Waals surface area contributed by atoms with E-state index in [1.807, 2.05) is 0 Å². The number of carbonyl (C=O) groups excluding carboxylic acids is 2. The Kier molecular flexibility index (Phi) is 12.9. The Bertz CT molecular complexity index is 1010. The van der Waals surface area contributed by atoms with Gasteiger partial charge in [0.15, 0.2) is 11.4 Å². The standard InChI is InChI=1S/C8H11FN2O2.C6H7FN2O2.C6H8N2O2/c1-2-13-8(12)7-3-5-11(10-7)6-4-9;7-2-4-9-3-1-5(8-9)6(10)11;1-2-10-6(9)5-3-4-7-8-5/h3,5H,2,4,6H2,1H3;1,3H,2,4H2,(H,10,11);3-4H,2H2,1H3,(H,7,8). The van der Waals surface area contributed by atoms with Gasteiger partial charge < -0.3 is 14.6 Å². The quantitative estimate of drug-likeness (QED) is 0.435. The van der Waals surface area contributed by atoms with Crippen LogP contribution in [-0.4, -0.2) is 79.3 Å². The van der Waals surface area contributed by atoms with Gasteiger partial charge in [-0.05, 0) is 32.0 Å². The van der Waals surface area contributed by atoms with E-state index in [0.29, 0.717) is 18.9 Å². The van der Waals surface area contributed by atoms with Gasteiger partial charge in [-0.15, -0.1) is 0 Å². The van der Waals surface area contributed by atoms with E-state index in [9.17, 15) is 23.2 Å². The minimum absolute atomic E-state index is 0.0570. The summed E-state index contributed by atoms with van der Waals surface area (Å²) in [6, 6.07) is 4.41. The van der Waals surface area contributed by atoms with E-state index in [0.717, 1.165) is 0 Å². The van der Waals surface area contributed by atoms with Crippen LogP contribution in [0, 0.1) is 0 Å². The Morgan fingerprint density at radius 3 is 1.88 bits per heavy atom. The molecule has 3 aromatic rings. The molecule has 0 spiro atoms. The smallest absolute Gasteiger partial charge is 0.358 e. The molecule has 2 N–H and O–H groups in total. The van der Waals surface area contributed by atoms with E-state index >= 15 is 0 Å². The monoisotopic (exact) mass is 484 g/mol. The van der Waals surface area contributed by atoms with Crippen LogP contribution in [0.2, 0.25) is 0 Å². The predicted molar refractivity (Wildman–Crippen MR) is 114 cm³/mol. The summed E-state index contributed by atoms with van der Waals surface area (Å²) >= 11 is 0. The number of aromatic amines is 1. The second kappa shape index (κ2) is 15.7. The average Bonchev–Trinajstić information content (AvgIpc) is 3.58. The highest BCUT2D eigenvalue weighted by molar-refractivity contribution is 5.87. The first kappa shape index (κ1) is 27.9. The van der Waals surface area contributed by atoms with Crippen molar-refractivity contribution in [3.8, 4) is 0 Å². The number of carboxylic acids is 1. The largest absolute Gasteiger partial charge is 0.476 e. The highest BCUT2D eigenvalue weighted by Crippen LogP contribution is 1.98. The van der Waals surface area contributed by atoms with Crippen molar-refractivity contribution in [2.24, 2.45) is 0 Å². The van der Waals surface area contributed by atoms with Gasteiger partial charge in [-0.1, -0.05) is 0 Å². The van der Waals surface area contributed by atoms with Crippen molar-refractivity contribution in [1.29, 1.82) is 0 Å². The van der Waals surface area contributed by atoms with Crippen LogP contribution in [0.3, 0.4) is 0 Å². The Morgan fingerprint density at radius 2 is 1.44 bits per heavy atom. The van der Waals surface area contributed by atoms with Gasteiger partial charge in [-0.25, -0.2) is 23.2 Å². The zero-order valence-corrected chi connectivity index (χ0v) is 18.7. The maximum Gasteiger partial charge on any atom is 0.358 e. The number of H-pyrrole nitrogens is 1. The van der Waals surface area contributed by atoms with Crippen molar-refractivity contribution in [3.05, 3.63) is 53.9 Å². The maximum atomic E-state index is 11.9. The van der Waals surface area contributed by atoms with Crippen LogP contribution in [0.15, 0.2) is 36.8 Å². The Morgan fingerprint density at radius 1 is 0.912 bits per heavy atom. The minimum Gasteiger partial charge on any atom is -0.476 e. The Balaban J connectivity index is 0.000000257. The second-order valence-corrected chi connectivity index (χ2v) is 6.02. The van der Waals surface area contributed by atoms with Crippen LogP contribution in [0.4, 0.5) is 8.78 Å². The lowest BCUT2D eigenvalue weighted by molar-refractivity contribution is 0.0509. The molecule has 0 atom stereocenters. The van der Waals surface area contributed by atoms with E-state index < -0.39 is 25.3 Å². The second-order valence-electron chi connectivity index (χ2n) is 6.02. The molecule has 0 aliphatic carbocycles. The van der Waals surface area contributed by atoms with Crippen LogP contribution >= 0.6 is 0 Å². The normalized spacial score (nSPS) is 9.76. The number of carbonyl (C=O) groups is 3. The molecular weight excluding hydrogens is 458 g/mol. The third-order valence-electron chi connectivity index (χ3n) is 3.61. The highest BCUT2D eigenvalue weighted by atomic mass is 19.1. The number of aryl methyl sites for hydroxylation is 2. The fourth-order valence-corrected chi connectivity index (χ4v) is 2.15. The third kappa shape index (κ3) is 10.0. The van der Waals surface area contributed by atoms with E-state index in [4.69, 9.17) is 9.84 Å². The van der Waals surface area contributed by atoms with E-state index in [1.54, 1.807) is 26.1 Å². The molecule has 3 rings (SSSR count). The molecule has 3 heterocycles. The molecule has 0 amide bonds. The predicted octanol–water partition coefficient (Wildman–Crippen LogP) is 2.17. The van der Waals surface area contributed by atoms with E-state index in [-0.39, 0.29) is 30.4 Å². The molecule has 14 heteroatoms. The molecule has 0 unspecified atom stereocenters. The lowest BCUT2D eigenvalue weighted by Gasteiger charge is -1.97. The molecule has 3 aromatic heterocycles. The number of ether oxygens (including phenoxy) is 2. The third-order valence-corrected chi connectivity index (χ3v) is 3.61. The summed E-state index contributed by atoms with van der Waals surface area (Å²) in [6.07, 6.45) is 4.49. The summed E-state index contributed by atoms with van der Waals surface area (Å²) in [5.74, 6) is -1.93. The van der Waals surface area contributed by atoms with Gasteiger partial charge >= 0.3 is 17.9 Å². The number of aromatic nitrogens is 6. The van der Waals surface area contributed by atoms with Crippen LogP contribution in [0.5, 0.6) is 0 Å². The number of rotatable bonds is 9. The molecule has 0 aliphatic rings. The van der Waals surface area contributed by atoms with Gasteiger partial charge in [-0.3, -0.25) is 14.5 Å². The molecule has 0 fully saturated rings. The van der Waals surface area contributed by atoms with Gasteiger partial charge in [0.05, 0.1) is 26.3 Å². The number of alkyl halides is 2. The van der Waals surface area contributed by atoms with Gasteiger partial charge in [0.25, 0.3) is 0 Å². The highest BCUT2D eigenvalue weighted by Gasteiger charge is 2.09. The topological polar surface area (TPSA) is 154 Å². The molecule has 34 heavy (non-hydrogen) atoms. The van der Waals surface area contributed by atoms with Crippen molar-refractivity contribution in [3.63, 3.8) is 0 Å². The average molecular weight is 484 g/mol. The molecule has 0 saturated heterocycles. The number of hydrogen-bond donors (Lipinski definition) is 2. The summed E-state index contributed by atoms with van der Waals surface area (Å²) in [7, 11) is 0. The molecule has 12 nitrogen and oxygen atoms in total. The SMILES string of the molecule is CCOC(=O)c1ccn(CCF)n1.CCOC(=O)c1ccn[nH]1.O=C(O)c1ccn(CCF)n1. The number of nitrogens with zero attached hydrogens (tertiary/aromatic N) is 5. The first-order valence-electron chi connectivity index (χ1n) is 10.1. The zero-order valence-electron chi connectivity index (χ0n) is 18.7. The van der Waals surface area contributed by atoms with Crippen LogP contribution in [-0.2, 0) is 22.6 Å².